The molecule has 0 atom stereocenters. The third-order valence-corrected chi connectivity index (χ3v) is 4.77. The summed E-state index contributed by atoms with van der Waals surface area (Å²) in [6.45, 7) is 6.52. The number of thiol groups is 1. The zero-order chi connectivity index (χ0) is 17.8. The highest BCUT2D eigenvalue weighted by Crippen LogP contribution is 2.22. The average Bonchev–Trinajstić information content (AvgIpc) is 2.62. The van der Waals surface area contributed by atoms with Crippen molar-refractivity contribution in [2.75, 3.05) is 19.6 Å². The van der Waals surface area contributed by atoms with Crippen LogP contribution in [-0.4, -0.2) is 30.3 Å². The molecule has 0 saturated carbocycles. The lowest BCUT2D eigenvalue weighted by Gasteiger charge is -2.28. The average molecular weight is 349 g/mol. The van der Waals surface area contributed by atoms with Gasteiger partial charge in [-0.1, -0.05) is 48.9 Å². The van der Waals surface area contributed by atoms with Crippen molar-refractivity contribution in [3.05, 3.63) is 76.4 Å². The standard InChI is InChI=1S/C22H23NOS/c1-3-23-14-19(12-17-6-4-16(2)5-7-17)22(24)20(15-23)13-18-8-10-21(25)11-9-18/h4-13,25H,3,14-15H2,1-2H3/b19-12+,20-13+. The van der Waals surface area contributed by atoms with Crippen molar-refractivity contribution < 1.29 is 4.79 Å². The summed E-state index contributed by atoms with van der Waals surface area (Å²) in [7, 11) is 0. The van der Waals surface area contributed by atoms with E-state index in [4.69, 9.17) is 0 Å². The first-order valence-corrected chi connectivity index (χ1v) is 9.04. The predicted octanol–water partition coefficient (Wildman–Crippen LogP) is 4.66. The molecule has 1 aliphatic heterocycles. The zero-order valence-electron chi connectivity index (χ0n) is 14.7. The Labute approximate surface area is 155 Å². The molecule has 0 radical (unpaired) electrons. The molecule has 3 heteroatoms. The van der Waals surface area contributed by atoms with Crippen molar-refractivity contribution >= 4 is 30.6 Å². The maximum absolute atomic E-state index is 13.0. The van der Waals surface area contributed by atoms with Gasteiger partial charge in [0.15, 0.2) is 5.78 Å². The van der Waals surface area contributed by atoms with Crippen LogP contribution in [0.4, 0.5) is 0 Å². The lowest BCUT2D eigenvalue weighted by molar-refractivity contribution is -0.113. The van der Waals surface area contributed by atoms with Crippen LogP contribution in [0.1, 0.15) is 23.6 Å². The van der Waals surface area contributed by atoms with Gasteiger partial charge in [-0.15, -0.1) is 12.6 Å². The highest BCUT2D eigenvalue weighted by molar-refractivity contribution is 7.80. The molecule has 1 heterocycles. The third-order valence-electron chi connectivity index (χ3n) is 4.47. The van der Waals surface area contributed by atoms with Crippen LogP contribution < -0.4 is 0 Å². The Balaban J connectivity index is 1.93. The van der Waals surface area contributed by atoms with Gasteiger partial charge in [-0.05, 0) is 48.9 Å². The molecule has 2 aromatic carbocycles. The third kappa shape index (κ3) is 4.50. The number of likely N-dealkylation sites (N-methyl/N-ethyl adjacent to an activating group) is 1. The molecule has 0 aliphatic carbocycles. The molecule has 1 fully saturated rings. The summed E-state index contributed by atoms with van der Waals surface area (Å²) >= 11 is 4.32. The fourth-order valence-corrected chi connectivity index (χ4v) is 3.12. The summed E-state index contributed by atoms with van der Waals surface area (Å²) < 4.78 is 0. The first kappa shape index (κ1) is 17.7. The quantitative estimate of drug-likeness (QED) is 0.643. The van der Waals surface area contributed by atoms with Gasteiger partial charge < -0.3 is 0 Å². The first-order valence-electron chi connectivity index (χ1n) is 8.59. The SMILES string of the molecule is CCN1C/C(=C\c2ccc(C)cc2)C(=O)/C(=C/c2ccc(S)cc2)C1. The number of likely N-dealkylation sites (tertiary alicyclic amines) is 1. The van der Waals surface area contributed by atoms with Gasteiger partial charge in [0.25, 0.3) is 0 Å². The lowest BCUT2D eigenvalue weighted by atomic mass is 9.94. The number of piperidine rings is 1. The Hall–Kier alpha value is -2.10. The molecule has 25 heavy (non-hydrogen) atoms. The lowest BCUT2D eigenvalue weighted by Crippen LogP contribution is -2.37. The number of Topliss-reactive ketones (excluding diaryl/α,β-unsaturated/α-hetero) is 1. The van der Waals surface area contributed by atoms with Crippen molar-refractivity contribution in [3.8, 4) is 0 Å². The molecule has 128 valence electrons. The molecule has 0 bridgehead atoms. The molecule has 1 aliphatic rings. The summed E-state index contributed by atoms with van der Waals surface area (Å²) in [4.78, 5) is 16.2. The second kappa shape index (κ2) is 7.85. The van der Waals surface area contributed by atoms with Crippen LogP contribution in [0.3, 0.4) is 0 Å². The van der Waals surface area contributed by atoms with E-state index in [1.165, 1.54) is 5.56 Å². The van der Waals surface area contributed by atoms with Crippen LogP contribution in [0.15, 0.2) is 64.6 Å². The van der Waals surface area contributed by atoms with Gasteiger partial charge in [0.1, 0.15) is 0 Å². The van der Waals surface area contributed by atoms with Gasteiger partial charge in [-0.2, -0.15) is 0 Å². The second-order valence-electron chi connectivity index (χ2n) is 6.47. The fourth-order valence-electron chi connectivity index (χ4n) is 2.97. The topological polar surface area (TPSA) is 20.3 Å². The van der Waals surface area contributed by atoms with Crippen LogP contribution in [0.2, 0.25) is 0 Å². The molecular weight excluding hydrogens is 326 g/mol. The Morgan fingerprint density at radius 2 is 1.40 bits per heavy atom. The van der Waals surface area contributed by atoms with Crippen LogP contribution in [0.5, 0.6) is 0 Å². The van der Waals surface area contributed by atoms with Gasteiger partial charge in [0.05, 0.1) is 0 Å². The van der Waals surface area contributed by atoms with E-state index >= 15 is 0 Å². The van der Waals surface area contributed by atoms with Crippen molar-refractivity contribution in [1.82, 2.24) is 4.90 Å². The smallest absolute Gasteiger partial charge is 0.187 e. The minimum Gasteiger partial charge on any atom is -0.295 e. The van der Waals surface area contributed by atoms with Crippen molar-refractivity contribution in [3.63, 3.8) is 0 Å². The normalized spacial score (nSPS) is 18.9. The van der Waals surface area contributed by atoms with Gasteiger partial charge in [0, 0.05) is 29.1 Å². The molecule has 3 rings (SSSR count). The van der Waals surface area contributed by atoms with E-state index in [1.54, 1.807) is 0 Å². The molecule has 0 spiro atoms. The Bertz CT molecular complexity index is 749. The van der Waals surface area contributed by atoms with Crippen molar-refractivity contribution in [2.45, 2.75) is 18.7 Å². The summed E-state index contributed by atoms with van der Waals surface area (Å²) in [5, 5.41) is 0. The van der Waals surface area contributed by atoms with E-state index in [-0.39, 0.29) is 5.78 Å². The number of ketones is 1. The number of nitrogens with zero attached hydrogens (tertiary/aromatic N) is 1. The second-order valence-corrected chi connectivity index (χ2v) is 6.99. The van der Waals surface area contributed by atoms with E-state index in [9.17, 15) is 4.79 Å². The number of carbonyl (C=O) groups is 1. The van der Waals surface area contributed by atoms with Gasteiger partial charge >= 0.3 is 0 Å². The van der Waals surface area contributed by atoms with Gasteiger partial charge in [-0.25, -0.2) is 0 Å². The molecule has 0 N–H and O–H groups in total. The Morgan fingerprint density at radius 1 is 0.920 bits per heavy atom. The van der Waals surface area contributed by atoms with E-state index in [1.807, 2.05) is 36.4 Å². The maximum Gasteiger partial charge on any atom is 0.187 e. The minimum atomic E-state index is 0.153. The van der Waals surface area contributed by atoms with E-state index in [0.29, 0.717) is 13.1 Å². The van der Waals surface area contributed by atoms with Crippen molar-refractivity contribution in [1.29, 1.82) is 0 Å². The molecule has 2 nitrogen and oxygen atoms in total. The molecule has 0 unspecified atom stereocenters. The van der Waals surface area contributed by atoms with Crippen LogP contribution >= 0.6 is 12.6 Å². The van der Waals surface area contributed by atoms with Crippen molar-refractivity contribution in [2.24, 2.45) is 0 Å². The molecule has 0 aromatic heterocycles. The van der Waals surface area contributed by atoms with Gasteiger partial charge in [0.2, 0.25) is 0 Å². The van der Waals surface area contributed by atoms with Crippen LogP contribution in [0.25, 0.3) is 12.2 Å². The van der Waals surface area contributed by atoms with Crippen LogP contribution in [0, 0.1) is 6.92 Å². The highest BCUT2D eigenvalue weighted by Gasteiger charge is 2.25. The summed E-state index contributed by atoms with van der Waals surface area (Å²) in [5.74, 6) is 0.153. The maximum atomic E-state index is 13.0. The zero-order valence-corrected chi connectivity index (χ0v) is 15.6. The largest absolute Gasteiger partial charge is 0.295 e. The number of benzene rings is 2. The molecular formula is C22H23NOS. The van der Waals surface area contributed by atoms with E-state index < -0.39 is 0 Å². The summed E-state index contributed by atoms with van der Waals surface area (Å²) in [6, 6.07) is 16.2. The fraction of sp³-hybridized carbons (Fsp3) is 0.227. The minimum absolute atomic E-state index is 0.153. The van der Waals surface area contributed by atoms with E-state index in [2.05, 4.69) is 55.6 Å². The Morgan fingerprint density at radius 3 is 1.88 bits per heavy atom. The number of hydrogen-bond donors (Lipinski definition) is 1. The summed E-state index contributed by atoms with van der Waals surface area (Å²) in [5.41, 5.74) is 5.03. The van der Waals surface area contributed by atoms with Crippen LogP contribution in [-0.2, 0) is 4.79 Å². The number of aryl methyl sites for hydroxylation is 1. The molecule has 1 saturated heterocycles. The number of rotatable bonds is 3. The van der Waals surface area contributed by atoms with Gasteiger partial charge in [-0.3, -0.25) is 9.69 Å². The monoisotopic (exact) mass is 349 g/mol. The van der Waals surface area contributed by atoms with E-state index in [0.717, 1.165) is 33.7 Å². The Kier molecular flexibility index (Phi) is 5.57. The number of hydrogen-bond acceptors (Lipinski definition) is 3. The number of carbonyl (C=O) groups excluding carboxylic acids is 1. The summed E-state index contributed by atoms with van der Waals surface area (Å²) in [6.07, 6.45) is 4.02. The highest BCUT2D eigenvalue weighted by atomic mass is 32.1. The first-order chi connectivity index (χ1) is 12.0. The predicted molar refractivity (Wildman–Crippen MR) is 108 cm³/mol. The molecule has 2 aromatic rings. The molecule has 0 amide bonds.